The number of benzene rings is 1. The molecule has 0 spiro atoms. The van der Waals surface area contributed by atoms with Crippen LogP contribution >= 0.6 is 11.6 Å². The van der Waals surface area contributed by atoms with Gasteiger partial charge in [-0.05, 0) is 44.4 Å². The largest absolute Gasteiger partial charge is 0.390 e. The monoisotopic (exact) mass is 281 g/mol. The van der Waals surface area contributed by atoms with E-state index in [1.165, 1.54) is 0 Å². The molecule has 1 heterocycles. The summed E-state index contributed by atoms with van der Waals surface area (Å²) in [4.78, 5) is 2.16. The molecule has 4 nitrogen and oxygen atoms in total. The highest BCUT2D eigenvalue weighted by Crippen LogP contribution is 2.29. The normalized spacial score (nSPS) is 24.1. The molecule has 19 heavy (non-hydrogen) atoms. The van der Waals surface area contributed by atoms with Crippen molar-refractivity contribution >= 4 is 23.1 Å². The second-order valence-corrected chi connectivity index (χ2v) is 5.85. The van der Waals surface area contributed by atoms with Crippen LogP contribution in [0.2, 0.25) is 5.02 Å². The van der Waals surface area contributed by atoms with Crippen molar-refractivity contribution in [3.63, 3.8) is 0 Å². The second-order valence-electron chi connectivity index (χ2n) is 5.41. The maximum atomic E-state index is 10.1. The van der Waals surface area contributed by atoms with E-state index in [1.807, 2.05) is 13.0 Å². The molecule has 1 saturated heterocycles. The fourth-order valence-corrected chi connectivity index (χ4v) is 2.66. The van der Waals surface area contributed by atoms with Crippen molar-refractivity contribution in [1.82, 2.24) is 0 Å². The zero-order valence-corrected chi connectivity index (χ0v) is 11.9. The summed E-state index contributed by atoms with van der Waals surface area (Å²) in [5.74, 6) is 0.0441. The average Bonchev–Trinajstić information content (AvgIpc) is 2.49. The van der Waals surface area contributed by atoms with Crippen LogP contribution in [-0.4, -0.2) is 29.6 Å². The Kier molecular flexibility index (Phi) is 4.02. The van der Waals surface area contributed by atoms with Gasteiger partial charge < -0.3 is 15.7 Å². The Morgan fingerprint density at radius 3 is 2.84 bits per heavy atom. The maximum absolute atomic E-state index is 10.1. The first-order chi connectivity index (χ1) is 8.89. The molecule has 0 aliphatic carbocycles. The summed E-state index contributed by atoms with van der Waals surface area (Å²) >= 11 is 6.05. The molecule has 1 aliphatic rings. The van der Waals surface area contributed by atoms with Crippen LogP contribution in [-0.2, 0) is 0 Å². The van der Waals surface area contributed by atoms with Gasteiger partial charge in [-0.2, -0.15) is 0 Å². The first-order valence-corrected chi connectivity index (χ1v) is 6.88. The minimum absolute atomic E-state index is 0.0441. The van der Waals surface area contributed by atoms with Gasteiger partial charge in [0.05, 0.1) is 5.60 Å². The van der Waals surface area contributed by atoms with E-state index in [4.69, 9.17) is 22.7 Å². The van der Waals surface area contributed by atoms with Crippen molar-refractivity contribution in [2.24, 2.45) is 5.73 Å². The number of aliphatic hydroxyl groups is 1. The molecule has 1 unspecified atom stereocenters. The van der Waals surface area contributed by atoms with Gasteiger partial charge in [0, 0.05) is 29.4 Å². The van der Waals surface area contributed by atoms with E-state index >= 15 is 0 Å². The van der Waals surface area contributed by atoms with E-state index in [0.717, 1.165) is 31.6 Å². The lowest BCUT2D eigenvalue weighted by molar-refractivity contribution is 0.0481. The number of amidine groups is 1. The third kappa shape index (κ3) is 3.39. The second kappa shape index (κ2) is 5.39. The fraction of sp³-hybridized carbons (Fsp3) is 0.500. The summed E-state index contributed by atoms with van der Waals surface area (Å²) in [6.45, 7) is 3.46. The van der Waals surface area contributed by atoms with Crippen molar-refractivity contribution in [3.8, 4) is 0 Å². The summed E-state index contributed by atoms with van der Waals surface area (Å²) in [6.07, 6.45) is 2.41. The van der Waals surface area contributed by atoms with E-state index in [-0.39, 0.29) is 5.84 Å². The number of rotatable bonds is 2. The first-order valence-electron chi connectivity index (χ1n) is 6.50. The number of nitrogen functional groups attached to an aromatic ring is 1. The Hall–Kier alpha value is -1.26. The van der Waals surface area contributed by atoms with Gasteiger partial charge in [0.2, 0.25) is 0 Å². The Morgan fingerprint density at radius 1 is 1.42 bits per heavy atom. The van der Waals surface area contributed by atoms with E-state index in [0.29, 0.717) is 17.0 Å². The minimum atomic E-state index is -0.607. The zero-order chi connectivity index (χ0) is 14.0. The molecule has 1 aromatic carbocycles. The molecule has 0 radical (unpaired) electrons. The van der Waals surface area contributed by atoms with Crippen molar-refractivity contribution in [2.75, 3.05) is 18.0 Å². The predicted octanol–water partition coefficient (Wildman–Crippen LogP) is 2.37. The first kappa shape index (κ1) is 14.2. The summed E-state index contributed by atoms with van der Waals surface area (Å²) in [5.41, 5.74) is 6.61. The Bertz CT molecular complexity index is 488. The highest BCUT2D eigenvalue weighted by atomic mass is 35.5. The summed E-state index contributed by atoms with van der Waals surface area (Å²) in [7, 11) is 0. The van der Waals surface area contributed by atoms with Gasteiger partial charge in [-0.3, -0.25) is 5.41 Å². The number of nitrogens with zero attached hydrogens (tertiary/aromatic N) is 1. The SMILES string of the molecule is CC1(O)CCCN(c2cc(Cl)ccc2C(=N)N)CC1. The lowest BCUT2D eigenvalue weighted by atomic mass is 9.98. The van der Waals surface area contributed by atoms with Gasteiger partial charge in [0.1, 0.15) is 5.84 Å². The smallest absolute Gasteiger partial charge is 0.124 e. The van der Waals surface area contributed by atoms with E-state index in [1.54, 1.807) is 12.1 Å². The standard InChI is InChI=1S/C14H20ClN3O/c1-14(19)5-2-7-18(8-6-14)12-9-10(15)3-4-11(12)13(16)17/h3-4,9,19H,2,5-8H2,1H3,(H3,16,17). The molecule has 2 rings (SSSR count). The summed E-state index contributed by atoms with van der Waals surface area (Å²) in [5, 5.41) is 18.4. The molecule has 1 fully saturated rings. The van der Waals surface area contributed by atoms with Gasteiger partial charge in [0.15, 0.2) is 0 Å². The van der Waals surface area contributed by atoms with Crippen molar-refractivity contribution in [3.05, 3.63) is 28.8 Å². The van der Waals surface area contributed by atoms with Crippen LogP contribution in [0.5, 0.6) is 0 Å². The van der Waals surface area contributed by atoms with Crippen LogP contribution in [0.3, 0.4) is 0 Å². The Balaban J connectivity index is 2.30. The lowest BCUT2D eigenvalue weighted by Crippen LogP contribution is -2.30. The summed E-state index contributed by atoms with van der Waals surface area (Å²) in [6, 6.07) is 5.37. The topological polar surface area (TPSA) is 73.3 Å². The number of hydrogen-bond acceptors (Lipinski definition) is 3. The number of halogens is 1. The Labute approximate surface area is 118 Å². The van der Waals surface area contributed by atoms with Crippen LogP contribution in [0, 0.1) is 5.41 Å². The van der Waals surface area contributed by atoms with Gasteiger partial charge in [-0.25, -0.2) is 0 Å². The third-order valence-electron chi connectivity index (χ3n) is 3.65. The number of nitrogens with one attached hydrogen (secondary N) is 1. The average molecular weight is 282 g/mol. The third-order valence-corrected chi connectivity index (χ3v) is 3.89. The zero-order valence-electron chi connectivity index (χ0n) is 11.1. The molecule has 4 N–H and O–H groups in total. The molecule has 104 valence electrons. The summed E-state index contributed by atoms with van der Waals surface area (Å²) < 4.78 is 0. The molecule has 5 heteroatoms. The molecular weight excluding hydrogens is 262 g/mol. The minimum Gasteiger partial charge on any atom is -0.390 e. The van der Waals surface area contributed by atoms with E-state index in [2.05, 4.69) is 4.90 Å². The maximum Gasteiger partial charge on any atom is 0.124 e. The molecule has 1 atom stereocenters. The fourth-order valence-electron chi connectivity index (χ4n) is 2.50. The molecule has 0 saturated carbocycles. The van der Waals surface area contributed by atoms with Gasteiger partial charge in [-0.15, -0.1) is 0 Å². The molecular formula is C14H20ClN3O. The van der Waals surface area contributed by atoms with Crippen LogP contribution in [0.25, 0.3) is 0 Å². The number of hydrogen-bond donors (Lipinski definition) is 3. The Morgan fingerprint density at radius 2 is 2.16 bits per heavy atom. The highest BCUT2D eigenvalue weighted by molar-refractivity contribution is 6.31. The molecule has 0 bridgehead atoms. The number of anilines is 1. The van der Waals surface area contributed by atoms with Crippen LogP contribution in [0.15, 0.2) is 18.2 Å². The van der Waals surface area contributed by atoms with Gasteiger partial charge >= 0.3 is 0 Å². The van der Waals surface area contributed by atoms with E-state index < -0.39 is 5.60 Å². The van der Waals surface area contributed by atoms with Crippen molar-refractivity contribution in [2.45, 2.75) is 31.8 Å². The van der Waals surface area contributed by atoms with Gasteiger partial charge in [0.25, 0.3) is 0 Å². The predicted molar refractivity (Wildman–Crippen MR) is 79.2 cm³/mol. The van der Waals surface area contributed by atoms with Crippen molar-refractivity contribution < 1.29 is 5.11 Å². The van der Waals surface area contributed by atoms with Gasteiger partial charge in [-0.1, -0.05) is 11.6 Å². The van der Waals surface area contributed by atoms with Crippen LogP contribution in [0.4, 0.5) is 5.69 Å². The van der Waals surface area contributed by atoms with Crippen LogP contribution in [0.1, 0.15) is 31.7 Å². The molecule has 1 aromatic rings. The van der Waals surface area contributed by atoms with Crippen LogP contribution < -0.4 is 10.6 Å². The highest BCUT2D eigenvalue weighted by Gasteiger charge is 2.26. The van der Waals surface area contributed by atoms with E-state index in [9.17, 15) is 5.11 Å². The molecule has 0 aromatic heterocycles. The number of nitrogens with two attached hydrogens (primary N) is 1. The molecule has 0 amide bonds. The molecule has 1 aliphatic heterocycles. The van der Waals surface area contributed by atoms with Crippen molar-refractivity contribution in [1.29, 1.82) is 5.41 Å². The lowest BCUT2D eigenvalue weighted by Gasteiger charge is -2.26. The quantitative estimate of drug-likeness (QED) is 0.575.